The van der Waals surface area contributed by atoms with Gasteiger partial charge in [0.15, 0.2) is 0 Å². The predicted octanol–water partition coefficient (Wildman–Crippen LogP) is 3.15. The summed E-state index contributed by atoms with van der Waals surface area (Å²) in [7, 11) is 2.20. The second-order valence-electron chi connectivity index (χ2n) is 6.59. The fraction of sp³-hybridized carbons (Fsp3) is 0.647. The Morgan fingerprint density at radius 2 is 1.79 bits per heavy atom. The van der Waals surface area contributed by atoms with Gasteiger partial charge in [0.2, 0.25) is 0 Å². The van der Waals surface area contributed by atoms with Gasteiger partial charge in [0.25, 0.3) is 0 Å². The summed E-state index contributed by atoms with van der Waals surface area (Å²) in [5.41, 5.74) is 10.2. The van der Waals surface area contributed by atoms with Gasteiger partial charge >= 0.3 is 0 Å². The molecular formula is C17H30N2. The van der Waals surface area contributed by atoms with E-state index in [1.165, 1.54) is 16.7 Å². The Bertz CT molecular complexity index is 396. The molecule has 0 saturated heterocycles. The Balaban J connectivity index is 2.37. The number of nitrogens with zero attached hydrogens (tertiary/aromatic N) is 1. The molecule has 0 spiro atoms. The first kappa shape index (κ1) is 16.2. The molecule has 1 aromatic rings. The van der Waals surface area contributed by atoms with E-state index in [-0.39, 0.29) is 5.41 Å². The number of hydrogen-bond donors (Lipinski definition) is 1. The Morgan fingerprint density at radius 1 is 1.11 bits per heavy atom. The summed E-state index contributed by atoms with van der Waals surface area (Å²) in [4.78, 5) is 2.41. The van der Waals surface area contributed by atoms with Crippen molar-refractivity contribution in [2.45, 2.75) is 40.5 Å². The molecule has 0 amide bonds. The molecule has 1 rings (SSSR count). The zero-order valence-electron chi connectivity index (χ0n) is 13.3. The van der Waals surface area contributed by atoms with Crippen LogP contribution in [0, 0.1) is 19.3 Å². The SMILES string of the molecule is Cc1ccc(CCN(C)CCC(C)(C)CN)cc1C. The minimum atomic E-state index is 0.259. The van der Waals surface area contributed by atoms with Gasteiger partial charge < -0.3 is 10.6 Å². The third-order valence-corrected chi connectivity index (χ3v) is 4.08. The van der Waals surface area contributed by atoms with Gasteiger partial charge in [-0.15, -0.1) is 0 Å². The van der Waals surface area contributed by atoms with Crippen molar-refractivity contribution < 1.29 is 0 Å². The van der Waals surface area contributed by atoms with E-state index in [0.29, 0.717) is 0 Å². The largest absolute Gasteiger partial charge is 0.330 e. The quantitative estimate of drug-likeness (QED) is 0.818. The molecule has 19 heavy (non-hydrogen) atoms. The number of nitrogens with two attached hydrogens (primary N) is 1. The van der Waals surface area contributed by atoms with E-state index in [0.717, 1.165) is 32.5 Å². The zero-order chi connectivity index (χ0) is 14.5. The lowest BCUT2D eigenvalue weighted by Crippen LogP contribution is -2.30. The van der Waals surface area contributed by atoms with Crippen LogP contribution >= 0.6 is 0 Å². The lowest BCUT2D eigenvalue weighted by molar-refractivity contribution is 0.256. The molecule has 0 unspecified atom stereocenters. The van der Waals surface area contributed by atoms with Gasteiger partial charge in [-0.25, -0.2) is 0 Å². The predicted molar refractivity (Wildman–Crippen MR) is 84.6 cm³/mol. The van der Waals surface area contributed by atoms with E-state index in [9.17, 15) is 0 Å². The Morgan fingerprint density at radius 3 is 2.37 bits per heavy atom. The van der Waals surface area contributed by atoms with Crippen LogP contribution in [0.15, 0.2) is 18.2 Å². The maximum Gasteiger partial charge on any atom is 0.00188 e. The molecule has 0 aromatic heterocycles. The number of rotatable bonds is 7. The van der Waals surface area contributed by atoms with E-state index < -0.39 is 0 Å². The highest BCUT2D eigenvalue weighted by Gasteiger charge is 2.15. The van der Waals surface area contributed by atoms with Gasteiger partial charge in [-0.2, -0.15) is 0 Å². The molecular weight excluding hydrogens is 232 g/mol. The summed E-state index contributed by atoms with van der Waals surface area (Å²) < 4.78 is 0. The fourth-order valence-corrected chi connectivity index (χ4v) is 1.99. The lowest BCUT2D eigenvalue weighted by Gasteiger charge is -2.26. The van der Waals surface area contributed by atoms with Gasteiger partial charge in [-0.3, -0.25) is 0 Å². The van der Waals surface area contributed by atoms with Gasteiger partial charge in [0.1, 0.15) is 0 Å². The van der Waals surface area contributed by atoms with E-state index in [2.05, 4.69) is 57.8 Å². The second-order valence-corrected chi connectivity index (χ2v) is 6.59. The van der Waals surface area contributed by atoms with Crippen molar-refractivity contribution in [3.63, 3.8) is 0 Å². The maximum absolute atomic E-state index is 5.77. The normalized spacial score (nSPS) is 12.2. The van der Waals surface area contributed by atoms with E-state index >= 15 is 0 Å². The fourth-order valence-electron chi connectivity index (χ4n) is 1.99. The number of aryl methyl sites for hydroxylation is 2. The average molecular weight is 262 g/mol. The van der Waals surface area contributed by atoms with Crippen LogP contribution in [0.5, 0.6) is 0 Å². The minimum Gasteiger partial charge on any atom is -0.330 e. The molecule has 108 valence electrons. The maximum atomic E-state index is 5.77. The Kier molecular flexibility index (Phi) is 6.02. The summed E-state index contributed by atoms with van der Waals surface area (Å²) in [6, 6.07) is 6.79. The van der Waals surface area contributed by atoms with Crippen LogP contribution in [0.2, 0.25) is 0 Å². The molecule has 0 aliphatic rings. The first-order chi connectivity index (χ1) is 8.84. The van der Waals surface area contributed by atoms with Crippen molar-refractivity contribution in [1.82, 2.24) is 4.90 Å². The van der Waals surface area contributed by atoms with Crippen molar-refractivity contribution in [1.29, 1.82) is 0 Å². The molecule has 2 nitrogen and oxygen atoms in total. The first-order valence-corrected chi connectivity index (χ1v) is 7.29. The number of benzene rings is 1. The van der Waals surface area contributed by atoms with Crippen molar-refractivity contribution >= 4 is 0 Å². The van der Waals surface area contributed by atoms with Crippen molar-refractivity contribution in [2.24, 2.45) is 11.1 Å². The van der Waals surface area contributed by atoms with Gasteiger partial charge in [-0.05, 0) is 68.9 Å². The molecule has 0 bridgehead atoms. The molecule has 0 fully saturated rings. The average Bonchev–Trinajstić information content (AvgIpc) is 2.38. The topological polar surface area (TPSA) is 29.3 Å². The monoisotopic (exact) mass is 262 g/mol. The standard InChI is InChI=1S/C17H30N2/c1-14-6-7-16(12-15(14)2)8-10-19(5)11-9-17(3,4)13-18/h6-7,12H,8-11,13,18H2,1-5H3. The highest BCUT2D eigenvalue weighted by atomic mass is 15.1. The third kappa shape index (κ3) is 5.75. The summed E-state index contributed by atoms with van der Waals surface area (Å²) in [5.74, 6) is 0. The van der Waals surface area contributed by atoms with Crippen molar-refractivity contribution in [2.75, 3.05) is 26.7 Å². The Hall–Kier alpha value is -0.860. The first-order valence-electron chi connectivity index (χ1n) is 7.29. The van der Waals surface area contributed by atoms with Gasteiger partial charge in [0, 0.05) is 6.54 Å². The third-order valence-electron chi connectivity index (χ3n) is 4.08. The van der Waals surface area contributed by atoms with Gasteiger partial charge in [0.05, 0.1) is 0 Å². The van der Waals surface area contributed by atoms with Crippen LogP contribution in [0.25, 0.3) is 0 Å². The lowest BCUT2D eigenvalue weighted by atomic mass is 9.89. The molecule has 0 atom stereocenters. The summed E-state index contributed by atoms with van der Waals surface area (Å²) in [6.07, 6.45) is 2.29. The van der Waals surface area contributed by atoms with E-state index in [4.69, 9.17) is 5.73 Å². The van der Waals surface area contributed by atoms with Crippen molar-refractivity contribution in [3.05, 3.63) is 34.9 Å². The minimum absolute atomic E-state index is 0.259. The zero-order valence-corrected chi connectivity index (χ0v) is 13.3. The number of likely N-dealkylation sites (N-methyl/N-ethyl adjacent to an activating group) is 1. The second kappa shape index (κ2) is 7.06. The van der Waals surface area contributed by atoms with Gasteiger partial charge in [-0.1, -0.05) is 32.0 Å². The summed E-state index contributed by atoms with van der Waals surface area (Å²) in [6.45, 7) is 11.8. The van der Waals surface area contributed by atoms with Crippen LogP contribution in [0.1, 0.15) is 37.0 Å². The van der Waals surface area contributed by atoms with E-state index in [1.54, 1.807) is 0 Å². The van der Waals surface area contributed by atoms with E-state index in [1.807, 2.05) is 0 Å². The highest BCUT2D eigenvalue weighted by molar-refractivity contribution is 5.30. The molecule has 0 heterocycles. The molecule has 0 saturated carbocycles. The molecule has 2 N–H and O–H groups in total. The van der Waals surface area contributed by atoms with Crippen LogP contribution in [-0.2, 0) is 6.42 Å². The molecule has 0 aliphatic heterocycles. The molecule has 2 heteroatoms. The Labute approximate surface area is 119 Å². The van der Waals surface area contributed by atoms with Crippen molar-refractivity contribution in [3.8, 4) is 0 Å². The highest BCUT2D eigenvalue weighted by Crippen LogP contribution is 2.18. The summed E-state index contributed by atoms with van der Waals surface area (Å²) in [5, 5.41) is 0. The smallest absolute Gasteiger partial charge is 0.00188 e. The summed E-state index contributed by atoms with van der Waals surface area (Å²) >= 11 is 0. The van der Waals surface area contributed by atoms with Crippen LogP contribution < -0.4 is 5.73 Å². The van der Waals surface area contributed by atoms with Crippen LogP contribution in [-0.4, -0.2) is 31.6 Å². The molecule has 0 radical (unpaired) electrons. The molecule has 1 aromatic carbocycles. The number of hydrogen-bond acceptors (Lipinski definition) is 2. The van der Waals surface area contributed by atoms with Crippen LogP contribution in [0.3, 0.4) is 0 Å². The molecule has 0 aliphatic carbocycles. The van der Waals surface area contributed by atoms with Crippen LogP contribution in [0.4, 0.5) is 0 Å².